The lowest BCUT2D eigenvalue weighted by Crippen LogP contribution is -2.43. The fourth-order valence-corrected chi connectivity index (χ4v) is 3.29. The average molecular weight is 357 g/mol. The van der Waals surface area contributed by atoms with Crippen LogP contribution in [0.4, 0.5) is 4.79 Å². The number of fused-ring (bicyclic) bond motifs is 1. The van der Waals surface area contributed by atoms with Crippen molar-refractivity contribution in [2.75, 3.05) is 32.7 Å². The van der Waals surface area contributed by atoms with Gasteiger partial charge in [-0.1, -0.05) is 13.0 Å². The predicted molar refractivity (Wildman–Crippen MR) is 101 cm³/mol. The molecule has 2 heterocycles. The van der Waals surface area contributed by atoms with Gasteiger partial charge in [-0.25, -0.2) is 9.78 Å². The minimum atomic E-state index is -0.0262. The highest BCUT2D eigenvalue weighted by Gasteiger charge is 2.22. The Morgan fingerprint density at radius 2 is 1.92 bits per heavy atom. The van der Waals surface area contributed by atoms with Crippen LogP contribution in [0.25, 0.3) is 11.0 Å². The van der Waals surface area contributed by atoms with Crippen LogP contribution in [-0.2, 0) is 18.3 Å². The summed E-state index contributed by atoms with van der Waals surface area (Å²) in [5, 5.41) is 2.91. The lowest BCUT2D eigenvalue weighted by molar-refractivity contribution is -0.130. The molecule has 1 aliphatic heterocycles. The van der Waals surface area contributed by atoms with Gasteiger partial charge in [0.2, 0.25) is 5.91 Å². The summed E-state index contributed by atoms with van der Waals surface area (Å²) in [4.78, 5) is 32.8. The van der Waals surface area contributed by atoms with Crippen molar-refractivity contribution in [1.29, 1.82) is 0 Å². The monoisotopic (exact) mass is 357 g/mol. The first-order valence-corrected chi connectivity index (χ1v) is 9.29. The first-order valence-electron chi connectivity index (χ1n) is 9.29. The molecule has 7 heteroatoms. The predicted octanol–water partition coefficient (Wildman–Crippen LogP) is 1.77. The summed E-state index contributed by atoms with van der Waals surface area (Å²) < 4.78 is 1.97. The van der Waals surface area contributed by atoms with Gasteiger partial charge in [0, 0.05) is 39.8 Å². The fourth-order valence-electron chi connectivity index (χ4n) is 3.29. The van der Waals surface area contributed by atoms with Crippen molar-refractivity contribution < 1.29 is 9.59 Å². The van der Waals surface area contributed by atoms with Gasteiger partial charge in [0.1, 0.15) is 0 Å². The van der Waals surface area contributed by atoms with Crippen molar-refractivity contribution in [1.82, 2.24) is 24.7 Å². The van der Waals surface area contributed by atoms with E-state index in [1.165, 1.54) is 0 Å². The van der Waals surface area contributed by atoms with E-state index in [0.717, 1.165) is 29.4 Å². The van der Waals surface area contributed by atoms with E-state index in [2.05, 4.69) is 10.3 Å². The van der Waals surface area contributed by atoms with Crippen molar-refractivity contribution in [3.05, 3.63) is 30.1 Å². The van der Waals surface area contributed by atoms with Crippen molar-refractivity contribution in [2.24, 2.45) is 7.05 Å². The van der Waals surface area contributed by atoms with Crippen LogP contribution < -0.4 is 5.32 Å². The normalized spacial score (nSPS) is 15.2. The zero-order chi connectivity index (χ0) is 18.5. The number of hydrogen-bond donors (Lipinski definition) is 1. The fraction of sp³-hybridized carbons (Fsp3) is 0.526. The molecule has 0 bridgehead atoms. The molecule has 1 fully saturated rings. The molecule has 1 aliphatic rings. The van der Waals surface area contributed by atoms with E-state index in [9.17, 15) is 9.59 Å². The molecule has 0 spiro atoms. The lowest BCUT2D eigenvalue weighted by atomic mass is 10.1. The van der Waals surface area contributed by atoms with E-state index in [1.54, 1.807) is 6.33 Å². The molecule has 0 saturated carbocycles. The topological polar surface area (TPSA) is 70.5 Å². The maximum absolute atomic E-state index is 12.7. The van der Waals surface area contributed by atoms with Gasteiger partial charge >= 0.3 is 6.03 Å². The molecule has 0 atom stereocenters. The largest absolute Gasteiger partial charge is 0.341 e. The maximum atomic E-state index is 12.7. The molecule has 0 unspecified atom stereocenters. The molecule has 0 radical (unpaired) electrons. The van der Waals surface area contributed by atoms with Gasteiger partial charge in [-0.15, -0.1) is 0 Å². The van der Waals surface area contributed by atoms with E-state index >= 15 is 0 Å². The minimum absolute atomic E-state index is 0.0262. The molecule has 1 N–H and O–H groups in total. The summed E-state index contributed by atoms with van der Waals surface area (Å²) in [6.45, 7) is 5.28. The summed E-state index contributed by atoms with van der Waals surface area (Å²) in [5.74, 6) is 0.107. The molecule has 1 saturated heterocycles. The number of carbonyl (C=O) groups excluding carboxylic acids is 2. The van der Waals surface area contributed by atoms with E-state index in [1.807, 2.05) is 46.5 Å². The van der Waals surface area contributed by atoms with E-state index in [-0.39, 0.29) is 11.9 Å². The number of aromatic nitrogens is 2. The third-order valence-electron chi connectivity index (χ3n) is 4.81. The Morgan fingerprint density at radius 1 is 1.15 bits per heavy atom. The van der Waals surface area contributed by atoms with Gasteiger partial charge < -0.3 is 19.7 Å². The summed E-state index contributed by atoms with van der Waals surface area (Å²) >= 11 is 0. The number of urea groups is 1. The Balaban J connectivity index is 1.58. The number of nitrogens with one attached hydrogen (secondary N) is 1. The van der Waals surface area contributed by atoms with Crippen LogP contribution in [0.15, 0.2) is 24.5 Å². The second-order valence-corrected chi connectivity index (χ2v) is 6.81. The Hall–Kier alpha value is -2.57. The number of aryl methyl sites for hydroxylation is 1. The second-order valence-electron chi connectivity index (χ2n) is 6.81. The first kappa shape index (κ1) is 18.2. The summed E-state index contributed by atoms with van der Waals surface area (Å²) in [6.07, 6.45) is 3.88. The smallest absolute Gasteiger partial charge is 0.317 e. The Labute approximate surface area is 154 Å². The van der Waals surface area contributed by atoms with Crippen molar-refractivity contribution in [2.45, 2.75) is 26.2 Å². The van der Waals surface area contributed by atoms with Crippen LogP contribution in [0.2, 0.25) is 0 Å². The molecule has 3 amide bonds. The molecule has 1 aromatic carbocycles. The van der Waals surface area contributed by atoms with Crippen molar-refractivity contribution in [3.8, 4) is 0 Å². The van der Waals surface area contributed by atoms with Crippen molar-refractivity contribution >= 4 is 23.0 Å². The number of rotatable bonds is 4. The molecule has 0 aliphatic carbocycles. The molecule has 7 nitrogen and oxygen atoms in total. The standard InChI is InChI=1S/C19H27N5O2/c1-3-7-20-19(26)24-9-4-8-23(10-11-24)18(25)13-15-5-6-17-16(12-15)21-14-22(17)2/h5-6,12,14H,3-4,7-11,13H2,1-2H3,(H,20,26). The van der Waals surface area contributed by atoms with Gasteiger partial charge in [0.05, 0.1) is 23.8 Å². The number of benzene rings is 1. The van der Waals surface area contributed by atoms with Crippen LogP contribution in [0.5, 0.6) is 0 Å². The van der Waals surface area contributed by atoms with E-state index in [0.29, 0.717) is 39.1 Å². The third-order valence-corrected chi connectivity index (χ3v) is 4.81. The maximum Gasteiger partial charge on any atom is 0.317 e. The van der Waals surface area contributed by atoms with Crippen molar-refractivity contribution in [3.63, 3.8) is 0 Å². The van der Waals surface area contributed by atoms with Gasteiger partial charge in [-0.2, -0.15) is 0 Å². The molecule has 26 heavy (non-hydrogen) atoms. The summed E-state index contributed by atoms with van der Waals surface area (Å²) in [5.41, 5.74) is 2.94. The van der Waals surface area contributed by atoms with Gasteiger partial charge in [0.25, 0.3) is 0 Å². The zero-order valence-electron chi connectivity index (χ0n) is 15.6. The minimum Gasteiger partial charge on any atom is -0.341 e. The van der Waals surface area contributed by atoms with Gasteiger partial charge in [-0.3, -0.25) is 4.79 Å². The molecule has 140 valence electrons. The molecule has 3 rings (SSSR count). The number of amides is 3. The molecular formula is C19H27N5O2. The van der Waals surface area contributed by atoms with Gasteiger partial charge in [0.15, 0.2) is 0 Å². The van der Waals surface area contributed by atoms with Gasteiger partial charge in [-0.05, 0) is 30.5 Å². The molecular weight excluding hydrogens is 330 g/mol. The number of nitrogens with zero attached hydrogens (tertiary/aromatic N) is 4. The van der Waals surface area contributed by atoms with E-state index in [4.69, 9.17) is 0 Å². The second kappa shape index (κ2) is 8.21. The molecule has 2 aromatic rings. The SMILES string of the molecule is CCCNC(=O)N1CCCN(C(=O)Cc2ccc3c(c2)ncn3C)CC1. The van der Waals surface area contributed by atoms with Crippen LogP contribution in [-0.4, -0.2) is 64.0 Å². The highest BCUT2D eigenvalue weighted by molar-refractivity contribution is 5.82. The summed E-state index contributed by atoms with van der Waals surface area (Å²) in [6, 6.07) is 5.95. The number of imidazole rings is 1. The van der Waals surface area contributed by atoms with E-state index < -0.39 is 0 Å². The Bertz CT molecular complexity index is 785. The first-order chi connectivity index (χ1) is 12.6. The molecule has 1 aromatic heterocycles. The number of hydrogen-bond acceptors (Lipinski definition) is 3. The Kier molecular flexibility index (Phi) is 5.75. The summed E-state index contributed by atoms with van der Waals surface area (Å²) in [7, 11) is 1.96. The zero-order valence-corrected chi connectivity index (χ0v) is 15.6. The van der Waals surface area contributed by atoms with Crippen LogP contribution >= 0.6 is 0 Å². The van der Waals surface area contributed by atoms with Crippen LogP contribution in [0.1, 0.15) is 25.3 Å². The number of carbonyl (C=O) groups is 2. The van der Waals surface area contributed by atoms with Crippen LogP contribution in [0, 0.1) is 0 Å². The lowest BCUT2D eigenvalue weighted by Gasteiger charge is -2.22. The Morgan fingerprint density at radius 3 is 2.73 bits per heavy atom. The quantitative estimate of drug-likeness (QED) is 0.907. The average Bonchev–Trinajstić information content (AvgIpc) is 2.85. The highest BCUT2D eigenvalue weighted by Crippen LogP contribution is 2.15. The third kappa shape index (κ3) is 4.15. The highest BCUT2D eigenvalue weighted by atomic mass is 16.2. The van der Waals surface area contributed by atoms with Crippen LogP contribution in [0.3, 0.4) is 0 Å².